The SMILES string of the molecule is Nc1cn[nH]c1-c1ccc(F)c(F)c1. The van der Waals surface area contributed by atoms with Gasteiger partial charge in [-0.1, -0.05) is 0 Å². The summed E-state index contributed by atoms with van der Waals surface area (Å²) < 4.78 is 25.5. The molecule has 0 amide bonds. The van der Waals surface area contributed by atoms with Gasteiger partial charge in [0.15, 0.2) is 11.6 Å². The summed E-state index contributed by atoms with van der Waals surface area (Å²) in [5.74, 6) is -1.79. The largest absolute Gasteiger partial charge is 0.396 e. The van der Waals surface area contributed by atoms with Crippen molar-refractivity contribution in [1.29, 1.82) is 0 Å². The highest BCUT2D eigenvalue weighted by atomic mass is 19.2. The molecule has 1 heterocycles. The Balaban J connectivity index is 2.53. The number of rotatable bonds is 1. The molecule has 1 aromatic heterocycles. The van der Waals surface area contributed by atoms with E-state index in [4.69, 9.17) is 5.73 Å². The van der Waals surface area contributed by atoms with Gasteiger partial charge in [-0.3, -0.25) is 5.10 Å². The van der Waals surface area contributed by atoms with Crippen LogP contribution in [0, 0.1) is 11.6 Å². The van der Waals surface area contributed by atoms with Crippen LogP contribution in [0.3, 0.4) is 0 Å². The van der Waals surface area contributed by atoms with Crippen molar-refractivity contribution in [3.8, 4) is 11.3 Å². The number of anilines is 1. The van der Waals surface area contributed by atoms with E-state index in [1.807, 2.05) is 0 Å². The molecular formula is C9H7F2N3. The molecule has 5 heteroatoms. The van der Waals surface area contributed by atoms with Crippen LogP contribution >= 0.6 is 0 Å². The number of nitrogens with two attached hydrogens (primary N) is 1. The second-order valence-corrected chi connectivity index (χ2v) is 2.83. The minimum Gasteiger partial charge on any atom is -0.396 e. The highest BCUT2D eigenvalue weighted by molar-refractivity contribution is 5.71. The van der Waals surface area contributed by atoms with Crippen LogP contribution in [-0.4, -0.2) is 10.2 Å². The molecule has 3 nitrogen and oxygen atoms in total. The summed E-state index contributed by atoms with van der Waals surface area (Å²) in [6.07, 6.45) is 1.41. The minimum absolute atomic E-state index is 0.399. The predicted octanol–water partition coefficient (Wildman–Crippen LogP) is 1.94. The van der Waals surface area contributed by atoms with Crippen molar-refractivity contribution in [2.75, 3.05) is 5.73 Å². The maximum Gasteiger partial charge on any atom is 0.159 e. The fraction of sp³-hybridized carbons (Fsp3) is 0. The van der Waals surface area contributed by atoms with Crippen molar-refractivity contribution in [2.45, 2.75) is 0 Å². The van der Waals surface area contributed by atoms with Crippen molar-refractivity contribution in [1.82, 2.24) is 10.2 Å². The van der Waals surface area contributed by atoms with Crippen molar-refractivity contribution in [3.63, 3.8) is 0 Å². The van der Waals surface area contributed by atoms with E-state index in [-0.39, 0.29) is 0 Å². The van der Waals surface area contributed by atoms with Gasteiger partial charge >= 0.3 is 0 Å². The van der Waals surface area contributed by atoms with E-state index >= 15 is 0 Å². The summed E-state index contributed by atoms with van der Waals surface area (Å²) in [4.78, 5) is 0. The summed E-state index contributed by atoms with van der Waals surface area (Å²) in [6.45, 7) is 0. The Morgan fingerprint density at radius 3 is 2.57 bits per heavy atom. The lowest BCUT2D eigenvalue weighted by molar-refractivity contribution is 0.509. The first kappa shape index (κ1) is 8.68. The smallest absolute Gasteiger partial charge is 0.159 e. The van der Waals surface area contributed by atoms with Gasteiger partial charge in [0.25, 0.3) is 0 Å². The lowest BCUT2D eigenvalue weighted by Gasteiger charge is -1.99. The average Bonchev–Trinajstić information content (AvgIpc) is 2.57. The van der Waals surface area contributed by atoms with Crippen LogP contribution in [0.4, 0.5) is 14.5 Å². The first-order valence-electron chi connectivity index (χ1n) is 3.93. The molecule has 0 aliphatic carbocycles. The number of aromatic nitrogens is 2. The molecular weight excluding hydrogens is 188 g/mol. The van der Waals surface area contributed by atoms with E-state index < -0.39 is 11.6 Å². The van der Waals surface area contributed by atoms with Crippen molar-refractivity contribution in [3.05, 3.63) is 36.0 Å². The van der Waals surface area contributed by atoms with E-state index in [1.54, 1.807) is 0 Å². The predicted molar refractivity (Wildman–Crippen MR) is 48.4 cm³/mol. The monoisotopic (exact) mass is 195 g/mol. The molecule has 0 saturated carbocycles. The standard InChI is InChI=1S/C9H7F2N3/c10-6-2-1-5(3-7(6)11)9-8(12)4-13-14-9/h1-4H,12H2,(H,13,14). The number of nitrogen functional groups attached to an aromatic ring is 1. The molecule has 0 saturated heterocycles. The molecule has 0 bridgehead atoms. The maximum atomic E-state index is 12.9. The summed E-state index contributed by atoms with van der Waals surface area (Å²) in [5.41, 5.74) is 6.91. The number of benzene rings is 1. The number of nitrogens with one attached hydrogen (secondary N) is 1. The first-order chi connectivity index (χ1) is 6.68. The van der Waals surface area contributed by atoms with Gasteiger partial charge in [0, 0.05) is 5.56 Å². The van der Waals surface area contributed by atoms with E-state index in [9.17, 15) is 8.78 Å². The molecule has 1 aromatic carbocycles. The van der Waals surface area contributed by atoms with E-state index in [0.29, 0.717) is 16.9 Å². The number of hydrogen-bond acceptors (Lipinski definition) is 2. The lowest BCUT2D eigenvalue weighted by Crippen LogP contribution is -1.89. The third-order valence-electron chi connectivity index (χ3n) is 1.88. The van der Waals surface area contributed by atoms with Gasteiger partial charge in [-0.15, -0.1) is 0 Å². The van der Waals surface area contributed by atoms with Crippen LogP contribution in [-0.2, 0) is 0 Å². The Kier molecular flexibility index (Phi) is 1.92. The minimum atomic E-state index is -0.906. The van der Waals surface area contributed by atoms with Gasteiger partial charge in [-0.25, -0.2) is 8.78 Å². The fourth-order valence-corrected chi connectivity index (χ4v) is 1.18. The molecule has 3 N–H and O–H groups in total. The highest BCUT2D eigenvalue weighted by Crippen LogP contribution is 2.23. The van der Waals surface area contributed by atoms with Crippen molar-refractivity contribution < 1.29 is 8.78 Å². The van der Waals surface area contributed by atoms with Crippen LogP contribution < -0.4 is 5.73 Å². The number of aromatic amines is 1. The van der Waals surface area contributed by atoms with E-state index in [0.717, 1.165) is 12.1 Å². The van der Waals surface area contributed by atoms with Crippen LogP contribution in [0.5, 0.6) is 0 Å². The molecule has 0 aliphatic rings. The molecule has 0 aliphatic heterocycles. The molecule has 72 valence electrons. The quantitative estimate of drug-likeness (QED) is 0.730. The molecule has 0 spiro atoms. The van der Waals surface area contributed by atoms with Crippen LogP contribution in [0.2, 0.25) is 0 Å². The number of nitrogens with zero attached hydrogens (tertiary/aromatic N) is 1. The van der Waals surface area contributed by atoms with Crippen LogP contribution in [0.15, 0.2) is 24.4 Å². The second kappa shape index (κ2) is 3.10. The fourth-order valence-electron chi connectivity index (χ4n) is 1.18. The topological polar surface area (TPSA) is 54.7 Å². The first-order valence-corrected chi connectivity index (χ1v) is 3.93. The zero-order valence-electron chi connectivity index (χ0n) is 7.09. The van der Waals surface area contributed by atoms with Crippen LogP contribution in [0.1, 0.15) is 0 Å². The van der Waals surface area contributed by atoms with E-state index in [2.05, 4.69) is 10.2 Å². The lowest BCUT2D eigenvalue weighted by atomic mass is 10.1. The zero-order chi connectivity index (χ0) is 10.1. The Hall–Kier alpha value is -1.91. The highest BCUT2D eigenvalue weighted by Gasteiger charge is 2.07. The second-order valence-electron chi connectivity index (χ2n) is 2.83. The van der Waals surface area contributed by atoms with Gasteiger partial charge < -0.3 is 5.73 Å². The summed E-state index contributed by atoms with van der Waals surface area (Å²) in [7, 11) is 0. The molecule has 2 aromatic rings. The molecule has 2 rings (SSSR count). The Labute approximate surface area is 78.6 Å². The van der Waals surface area contributed by atoms with Gasteiger partial charge in [-0.2, -0.15) is 5.10 Å². The van der Waals surface area contributed by atoms with E-state index in [1.165, 1.54) is 12.3 Å². The molecule has 0 atom stereocenters. The van der Waals surface area contributed by atoms with Crippen molar-refractivity contribution in [2.24, 2.45) is 0 Å². The molecule has 14 heavy (non-hydrogen) atoms. The number of H-pyrrole nitrogens is 1. The third-order valence-corrected chi connectivity index (χ3v) is 1.88. The normalized spacial score (nSPS) is 10.4. The summed E-state index contributed by atoms with van der Waals surface area (Å²) >= 11 is 0. The Bertz CT molecular complexity index is 465. The van der Waals surface area contributed by atoms with Gasteiger partial charge in [0.2, 0.25) is 0 Å². The summed E-state index contributed by atoms with van der Waals surface area (Å²) in [6, 6.07) is 3.55. The molecule has 0 radical (unpaired) electrons. The molecule has 0 fully saturated rings. The number of halogens is 2. The number of hydrogen-bond donors (Lipinski definition) is 2. The van der Waals surface area contributed by atoms with Crippen molar-refractivity contribution >= 4 is 5.69 Å². The van der Waals surface area contributed by atoms with Gasteiger partial charge in [0.1, 0.15) is 0 Å². The van der Waals surface area contributed by atoms with Gasteiger partial charge in [-0.05, 0) is 18.2 Å². The Morgan fingerprint density at radius 2 is 2.00 bits per heavy atom. The average molecular weight is 195 g/mol. The molecule has 0 unspecified atom stereocenters. The maximum absolute atomic E-state index is 12.9. The third kappa shape index (κ3) is 1.32. The Morgan fingerprint density at radius 1 is 1.21 bits per heavy atom. The van der Waals surface area contributed by atoms with Crippen LogP contribution in [0.25, 0.3) is 11.3 Å². The van der Waals surface area contributed by atoms with Gasteiger partial charge in [0.05, 0.1) is 17.6 Å². The zero-order valence-corrected chi connectivity index (χ0v) is 7.09. The summed E-state index contributed by atoms with van der Waals surface area (Å²) in [5, 5.41) is 6.29.